The largest absolute Gasteiger partial charge is 0.461 e. The molecule has 1 aromatic carbocycles. The third-order valence-electron chi connectivity index (χ3n) is 7.31. The van der Waals surface area contributed by atoms with E-state index in [0.717, 1.165) is 24.7 Å². The summed E-state index contributed by atoms with van der Waals surface area (Å²) in [6.45, 7) is 7.65. The lowest BCUT2D eigenvalue weighted by Crippen LogP contribution is -2.12. The fraction of sp³-hybridized carbons (Fsp3) is 0.731. The van der Waals surface area contributed by atoms with Crippen LogP contribution in [0.15, 0.2) is 12.1 Å². The molecule has 0 saturated heterocycles. The number of benzene rings is 1. The zero-order chi connectivity index (χ0) is 20.0. The van der Waals surface area contributed by atoms with E-state index in [0.29, 0.717) is 6.47 Å². The van der Waals surface area contributed by atoms with E-state index in [2.05, 4.69) is 32.9 Å². The fourth-order valence-corrected chi connectivity index (χ4v) is 4.59. The summed E-state index contributed by atoms with van der Waals surface area (Å²) in [6.07, 6.45) is 17.7. The van der Waals surface area contributed by atoms with E-state index in [9.17, 15) is 4.79 Å². The predicted molar refractivity (Wildman–Crippen MR) is 117 cm³/mol. The molecule has 2 aliphatic carbocycles. The Hall–Kier alpha value is -1.31. The van der Waals surface area contributed by atoms with Crippen LogP contribution in [-0.4, -0.2) is 12.1 Å². The SMILES string of the molecule is Cc1cc(CCCCCC2(OC=O)CC2)c(C)cc1CCCCCC1(C)CC1. The molecule has 0 amide bonds. The average molecular weight is 385 g/mol. The first-order chi connectivity index (χ1) is 13.5. The smallest absolute Gasteiger partial charge is 0.293 e. The Morgan fingerprint density at radius 3 is 1.82 bits per heavy atom. The Morgan fingerprint density at radius 2 is 1.36 bits per heavy atom. The Labute approximate surface area is 172 Å². The summed E-state index contributed by atoms with van der Waals surface area (Å²) in [7, 11) is 0. The second kappa shape index (κ2) is 9.46. The topological polar surface area (TPSA) is 26.3 Å². The van der Waals surface area contributed by atoms with Crippen LogP contribution in [0.3, 0.4) is 0 Å². The molecule has 0 unspecified atom stereocenters. The second-order valence-corrected chi connectivity index (χ2v) is 10.0. The molecule has 0 aliphatic heterocycles. The number of aryl methyl sites for hydroxylation is 4. The minimum atomic E-state index is -0.0771. The molecule has 0 N–H and O–H groups in total. The van der Waals surface area contributed by atoms with Crippen LogP contribution in [0.2, 0.25) is 0 Å². The number of hydrogen-bond acceptors (Lipinski definition) is 2. The lowest BCUT2D eigenvalue weighted by Gasteiger charge is -2.14. The molecular formula is C26H40O2. The molecule has 2 aliphatic rings. The normalized spacial score (nSPS) is 18.7. The van der Waals surface area contributed by atoms with Gasteiger partial charge in [0, 0.05) is 0 Å². The summed E-state index contributed by atoms with van der Waals surface area (Å²) in [5, 5.41) is 0. The van der Waals surface area contributed by atoms with Gasteiger partial charge in [0.15, 0.2) is 0 Å². The van der Waals surface area contributed by atoms with E-state index in [4.69, 9.17) is 4.74 Å². The van der Waals surface area contributed by atoms with Gasteiger partial charge in [-0.05, 0) is 112 Å². The van der Waals surface area contributed by atoms with E-state index in [1.54, 1.807) is 5.56 Å². The van der Waals surface area contributed by atoms with Gasteiger partial charge in [0.1, 0.15) is 5.60 Å². The van der Waals surface area contributed by atoms with Gasteiger partial charge in [-0.2, -0.15) is 0 Å². The molecule has 0 bridgehead atoms. The van der Waals surface area contributed by atoms with E-state index < -0.39 is 0 Å². The van der Waals surface area contributed by atoms with Crippen LogP contribution in [0.4, 0.5) is 0 Å². The number of hydrogen-bond donors (Lipinski definition) is 0. The highest BCUT2D eigenvalue weighted by Gasteiger charge is 2.44. The number of carbonyl (C=O) groups excluding carboxylic acids is 1. The van der Waals surface area contributed by atoms with Crippen molar-refractivity contribution in [2.24, 2.45) is 5.41 Å². The van der Waals surface area contributed by atoms with Crippen molar-refractivity contribution < 1.29 is 9.53 Å². The van der Waals surface area contributed by atoms with Gasteiger partial charge < -0.3 is 4.74 Å². The second-order valence-electron chi connectivity index (χ2n) is 10.0. The summed E-state index contributed by atoms with van der Waals surface area (Å²) in [4.78, 5) is 10.5. The lowest BCUT2D eigenvalue weighted by molar-refractivity contribution is -0.135. The molecule has 28 heavy (non-hydrogen) atoms. The van der Waals surface area contributed by atoms with Gasteiger partial charge in [-0.3, -0.25) is 4.79 Å². The number of unbranched alkanes of at least 4 members (excludes halogenated alkanes) is 4. The molecule has 2 fully saturated rings. The van der Waals surface area contributed by atoms with E-state index >= 15 is 0 Å². The van der Waals surface area contributed by atoms with Crippen molar-refractivity contribution in [3.8, 4) is 0 Å². The number of carbonyl (C=O) groups is 1. The van der Waals surface area contributed by atoms with Gasteiger partial charge in [0.25, 0.3) is 6.47 Å². The average Bonchev–Trinajstić information content (AvgIpc) is 3.58. The van der Waals surface area contributed by atoms with Crippen LogP contribution in [0.5, 0.6) is 0 Å². The van der Waals surface area contributed by atoms with Crippen LogP contribution in [-0.2, 0) is 22.4 Å². The third-order valence-corrected chi connectivity index (χ3v) is 7.31. The maximum atomic E-state index is 10.5. The first kappa shape index (κ1) is 21.4. The van der Waals surface area contributed by atoms with E-state index in [1.807, 2.05) is 0 Å². The first-order valence-corrected chi connectivity index (χ1v) is 11.7. The van der Waals surface area contributed by atoms with E-state index in [-0.39, 0.29) is 5.60 Å². The minimum Gasteiger partial charge on any atom is -0.461 e. The van der Waals surface area contributed by atoms with Crippen molar-refractivity contribution in [2.75, 3.05) is 0 Å². The quantitative estimate of drug-likeness (QED) is 0.254. The molecule has 0 radical (unpaired) electrons. The number of ether oxygens (including phenoxy) is 1. The fourth-order valence-electron chi connectivity index (χ4n) is 4.59. The molecule has 0 aromatic heterocycles. The summed E-state index contributed by atoms with van der Waals surface area (Å²) >= 11 is 0. The van der Waals surface area contributed by atoms with Crippen LogP contribution in [0.25, 0.3) is 0 Å². The van der Waals surface area contributed by atoms with Gasteiger partial charge in [-0.15, -0.1) is 0 Å². The van der Waals surface area contributed by atoms with Crippen molar-refractivity contribution >= 4 is 6.47 Å². The summed E-state index contributed by atoms with van der Waals surface area (Å²) in [5.74, 6) is 0. The summed E-state index contributed by atoms with van der Waals surface area (Å²) < 4.78 is 5.24. The Bertz CT molecular complexity index is 653. The highest BCUT2D eigenvalue weighted by Crippen LogP contribution is 2.49. The first-order valence-electron chi connectivity index (χ1n) is 11.7. The third kappa shape index (κ3) is 6.36. The van der Waals surface area contributed by atoms with Crippen LogP contribution < -0.4 is 0 Å². The molecule has 0 atom stereocenters. The summed E-state index contributed by atoms with van der Waals surface area (Å²) in [6, 6.07) is 4.89. The Morgan fingerprint density at radius 1 is 0.821 bits per heavy atom. The van der Waals surface area contributed by atoms with Gasteiger partial charge in [-0.1, -0.05) is 38.3 Å². The molecule has 0 spiro atoms. The Kier molecular flexibility index (Phi) is 7.23. The van der Waals surface area contributed by atoms with Gasteiger partial charge in [0.2, 0.25) is 0 Å². The summed E-state index contributed by atoms with van der Waals surface area (Å²) in [5.41, 5.74) is 6.66. The molecule has 2 saturated carbocycles. The minimum absolute atomic E-state index is 0.0771. The standard InChI is InChI=1S/C26H40O2/c1-21-19-24(11-7-5-9-13-26(16-17-26)28-20-27)22(2)18-23(21)10-6-4-8-12-25(3)14-15-25/h18-20H,4-17H2,1-3H3. The highest BCUT2D eigenvalue weighted by molar-refractivity contribution is 5.39. The monoisotopic (exact) mass is 384 g/mol. The molecule has 2 heteroatoms. The molecule has 1 aromatic rings. The van der Waals surface area contributed by atoms with Crippen LogP contribution >= 0.6 is 0 Å². The molecule has 2 nitrogen and oxygen atoms in total. The zero-order valence-electron chi connectivity index (χ0n) is 18.4. The number of rotatable bonds is 14. The molecule has 156 valence electrons. The lowest BCUT2D eigenvalue weighted by atomic mass is 9.93. The van der Waals surface area contributed by atoms with Crippen molar-refractivity contribution in [1.82, 2.24) is 0 Å². The van der Waals surface area contributed by atoms with Gasteiger partial charge in [0.05, 0.1) is 0 Å². The molecule has 0 heterocycles. The van der Waals surface area contributed by atoms with Crippen LogP contribution in [0.1, 0.15) is 106 Å². The van der Waals surface area contributed by atoms with Crippen molar-refractivity contribution in [2.45, 2.75) is 116 Å². The molecular weight excluding hydrogens is 344 g/mol. The van der Waals surface area contributed by atoms with E-state index in [1.165, 1.54) is 87.3 Å². The van der Waals surface area contributed by atoms with Gasteiger partial charge >= 0.3 is 0 Å². The van der Waals surface area contributed by atoms with Crippen LogP contribution in [0, 0.1) is 19.3 Å². The van der Waals surface area contributed by atoms with Crippen molar-refractivity contribution in [3.63, 3.8) is 0 Å². The maximum Gasteiger partial charge on any atom is 0.293 e. The maximum absolute atomic E-state index is 10.5. The highest BCUT2D eigenvalue weighted by atomic mass is 16.5. The molecule has 3 rings (SSSR count). The van der Waals surface area contributed by atoms with Crippen molar-refractivity contribution in [1.29, 1.82) is 0 Å². The Balaban J connectivity index is 1.34. The van der Waals surface area contributed by atoms with Crippen molar-refractivity contribution in [3.05, 3.63) is 34.4 Å². The zero-order valence-corrected chi connectivity index (χ0v) is 18.4. The predicted octanol–water partition coefficient (Wildman–Crippen LogP) is 7.01. The van der Waals surface area contributed by atoms with Gasteiger partial charge in [-0.25, -0.2) is 0 Å².